The monoisotopic (exact) mass is 564 g/mol. The minimum atomic E-state index is -1.21. The van der Waals surface area contributed by atoms with Gasteiger partial charge >= 0.3 is 11.9 Å². The number of hydrogen-bond donors (Lipinski definition) is 2. The van der Waals surface area contributed by atoms with E-state index in [1.54, 1.807) is 48.5 Å². The molecule has 0 aromatic heterocycles. The van der Waals surface area contributed by atoms with Gasteiger partial charge in [0.1, 0.15) is 0 Å². The van der Waals surface area contributed by atoms with Crippen LogP contribution in [0.4, 0.5) is 11.4 Å². The Morgan fingerprint density at radius 1 is 0.512 bits per heavy atom. The zero-order valence-electron chi connectivity index (χ0n) is 20.7. The Bertz CT molecular complexity index is 1750. The predicted octanol–water partition coefficient (Wildman–Crippen LogP) is 4.84. The van der Waals surface area contributed by atoms with Crippen LogP contribution in [0.3, 0.4) is 0 Å². The molecule has 2 aliphatic rings. The van der Waals surface area contributed by atoms with E-state index in [2.05, 4.69) is 0 Å². The first-order chi connectivity index (χ1) is 19.6. The van der Waals surface area contributed by atoms with Crippen LogP contribution in [-0.2, 0) is 0 Å². The molecule has 0 bridgehead atoms. The standard InChI is InChI=1S/C30H16N2O8S/c33-25-21-9-7-15(29(37)38)11-23(21)27(35)31(25)17-3-1-5-19(13-17)41-20-6-2-4-18(14-20)32-26(34)22-10-8-16(30(39)40)12-24(22)28(32)36/h1-14H,(H,37,38)(H,39,40). The molecular weight excluding hydrogens is 548 g/mol. The minimum absolute atomic E-state index is 0.0112. The summed E-state index contributed by atoms with van der Waals surface area (Å²) >= 11 is 1.26. The Hall–Kier alpha value is -5.55. The smallest absolute Gasteiger partial charge is 0.335 e. The first-order valence-corrected chi connectivity index (χ1v) is 12.9. The minimum Gasteiger partial charge on any atom is -0.478 e. The maximum atomic E-state index is 13.1. The maximum Gasteiger partial charge on any atom is 0.335 e. The van der Waals surface area contributed by atoms with Crippen LogP contribution in [0.15, 0.2) is 94.7 Å². The molecule has 2 aliphatic heterocycles. The van der Waals surface area contributed by atoms with E-state index in [-0.39, 0.29) is 33.4 Å². The topological polar surface area (TPSA) is 149 Å². The van der Waals surface area contributed by atoms with E-state index in [1.165, 1.54) is 48.2 Å². The van der Waals surface area contributed by atoms with Crippen LogP contribution in [-0.4, -0.2) is 45.8 Å². The predicted molar refractivity (Wildman–Crippen MR) is 146 cm³/mol. The molecule has 4 amide bonds. The number of carboxylic acids is 2. The summed E-state index contributed by atoms with van der Waals surface area (Å²) < 4.78 is 0. The Balaban J connectivity index is 1.26. The highest BCUT2D eigenvalue weighted by atomic mass is 32.2. The molecule has 200 valence electrons. The lowest BCUT2D eigenvalue weighted by atomic mass is 10.1. The number of aromatic carboxylic acids is 2. The van der Waals surface area contributed by atoms with Crippen molar-refractivity contribution in [3.63, 3.8) is 0 Å². The van der Waals surface area contributed by atoms with Crippen molar-refractivity contribution in [2.75, 3.05) is 9.80 Å². The van der Waals surface area contributed by atoms with Gasteiger partial charge in [-0.3, -0.25) is 19.2 Å². The Labute approximate surface area is 235 Å². The summed E-state index contributed by atoms with van der Waals surface area (Å²) in [5.41, 5.74) is 0.638. The van der Waals surface area contributed by atoms with Gasteiger partial charge in [-0.05, 0) is 72.8 Å². The largest absolute Gasteiger partial charge is 0.478 e. The van der Waals surface area contributed by atoms with Crippen LogP contribution in [0.25, 0.3) is 0 Å². The first kappa shape index (κ1) is 25.7. The third kappa shape index (κ3) is 4.24. The number of amides is 4. The van der Waals surface area contributed by atoms with E-state index < -0.39 is 35.6 Å². The van der Waals surface area contributed by atoms with Crippen molar-refractivity contribution in [3.8, 4) is 0 Å². The van der Waals surface area contributed by atoms with Crippen molar-refractivity contribution in [1.29, 1.82) is 0 Å². The summed E-state index contributed by atoms with van der Waals surface area (Å²) in [4.78, 5) is 78.1. The highest BCUT2D eigenvalue weighted by Gasteiger charge is 2.38. The number of hydrogen-bond acceptors (Lipinski definition) is 7. The van der Waals surface area contributed by atoms with Crippen molar-refractivity contribution < 1.29 is 39.0 Å². The van der Waals surface area contributed by atoms with E-state index in [0.717, 1.165) is 9.80 Å². The maximum absolute atomic E-state index is 13.1. The van der Waals surface area contributed by atoms with Crippen molar-refractivity contribution >= 4 is 58.7 Å². The highest BCUT2D eigenvalue weighted by molar-refractivity contribution is 7.99. The molecule has 0 radical (unpaired) electrons. The number of rotatable bonds is 6. The number of fused-ring (bicyclic) bond motifs is 2. The van der Waals surface area contributed by atoms with Gasteiger partial charge in [-0.2, -0.15) is 0 Å². The normalized spacial score (nSPS) is 14.0. The van der Waals surface area contributed by atoms with Crippen molar-refractivity contribution in [2.24, 2.45) is 0 Å². The lowest BCUT2D eigenvalue weighted by Gasteiger charge is -2.16. The SMILES string of the molecule is O=C(O)c1ccc2c(c1)C(=O)N(c1cccc(Sc3cccc(N4C(=O)c5ccc(C(=O)O)cc5C4=O)c3)c1)C2=O. The van der Waals surface area contributed by atoms with Crippen LogP contribution in [0.5, 0.6) is 0 Å². The number of carbonyl (C=O) groups is 6. The summed E-state index contributed by atoms with van der Waals surface area (Å²) in [5, 5.41) is 18.5. The average Bonchev–Trinajstić information content (AvgIpc) is 3.36. The molecule has 0 saturated heterocycles. The number of imide groups is 2. The molecule has 0 fully saturated rings. The van der Waals surface area contributed by atoms with Gasteiger partial charge in [0.05, 0.1) is 44.8 Å². The molecule has 2 heterocycles. The van der Waals surface area contributed by atoms with Gasteiger partial charge < -0.3 is 10.2 Å². The second-order valence-corrected chi connectivity index (χ2v) is 10.3. The third-order valence-corrected chi connectivity index (χ3v) is 7.63. The van der Waals surface area contributed by atoms with Gasteiger partial charge in [0.15, 0.2) is 0 Å². The van der Waals surface area contributed by atoms with Crippen LogP contribution >= 0.6 is 11.8 Å². The Kier molecular flexibility index (Phi) is 6.00. The highest BCUT2D eigenvalue weighted by Crippen LogP contribution is 2.37. The summed E-state index contributed by atoms with van der Waals surface area (Å²) in [5.74, 6) is -4.81. The molecule has 6 rings (SSSR count). The Morgan fingerprint density at radius 3 is 1.29 bits per heavy atom. The zero-order valence-corrected chi connectivity index (χ0v) is 21.5. The van der Waals surface area contributed by atoms with Gasteiger partial charge in [0.2, 0.25) is 0 Å². The molecule has 0 unspecified atom stereocenters. The second kappa shape index (κ2) is 9.57. The fraction of sp³-hybridized carbons (Fsp3) is 0. The fourth-order valence-corrected chi connectivity index (χ4v) is 5.65. The second-order valence-electron chi connectivity index (χ2n) is 9.12. The summed E-state index contributed by atoms with van der Waals surface area (Å²) in [6, 6.07) is 20.9. The number of anilines is 2. The average molecular weight is 565 g/mol. The van der Waals surface area contributed by atoms with Crippen LogP contribution in [0.2, 0.25) is 0 Å². The number of carbonyl (C=O) groups excluding carboxylic acids is 4. The van der Waals surface area contributed by atoms with Crippen LogP contribution < -0.4 is 9.80 Å². The molecule has 0 atom stereocenters. The van der Waals surface area contributed by atoms with Crippen LogP contribution in [0, 0.1) is 0 Å². The lowest BCUT2D eigenvalue weighted by molar-refractivity contribution is 0.0686. The Morgan fingerprint density at radius 2 is 0.902 bits per heavy atom. The number of benzene rings is 4. The lowest BCUT2D eigenvalue weighted by Crippen LogP contribution is -2.29. The molecule has 10 nitrogen and oxygen atoms in total. The van der Waals surface area contributed by atoms with Gasteiger partial charge in [0.25, 0.3) is 23.6 Å². The summed E-state index contributed by atoms with van der Waals surface area (Å²) in [6.07, 6.45) is 0. The van der Waals surface area contributed by atoms with Gasteiger partial charge in [-0.25, -0.2) is 19.4 Å². The molecule has 4 aromatic rings. The van der Waals surface area contributed by atoms with Crippen molar-refractivity contribution in [1.82, 2.24) is 0 Å². The molecule has 41 heavy (non-hydrogen) atoms. The van der Waals surface area contributed by atoms with E-state index in [1.807, 2.05) is 0 Å². The van der Waals surface area contributed by atoms with Crippen molar-refractivity contribution in [3.05, 3.63) is 118 Å². The molecule has 11 heteroatoms. The first-order valence-electron chi connectivity index (χ1n) is 12.0. The van der Waals surface area contributed by atoms with Crippen LogP contribution in [0.1, 0.15) is 62.1 Å². The fourth-order valence-electron chi connectivity index (χ4n) is 4.72. The molecule has 0 spiro atoms. The third-order valence-electron chi connectivity index (χ3n) is 6.65. The summed E-state index contributed by atoms with van der Waals surface area (Å²) in [6.45, 7) is 0. The molecule has 0 saturated carbocycles. The van der Waals surface area contributed by atoms with Gasteiger partial charge in [-0.15, -0.1) is 0 Å². The van der Waals surface area contributed by atoms with E-state index >= 15 is 0 Å². The quantitative estimate of drug-likeness (QED) is 0.314. The van der Waals surface area contributed by atoms with Crippen molar-refractivity contribution in [2.45, 2.75) is 9.79 Å². The van der Waals surface area contributed by atoms with Gasteiger partial charge in [0, 0.05) is 9.79 Å². The van der Waals surface area contributed by atoms with E-state index in [0.29, 0.717) is 21.2 Å². The number of carboxylic acid groups (broad SMARTS) is 2. The zero-order chi connectivity index (χ0) is 29.0. The molecule has 0 aliphatic carbocycles. The van der Waals surface area contributed by atoms with E-state index in [4.69, 9.17) is 0 Å². The van der Waals surface area contributed by atoms with Gasteiger partial charge in [-0.1, -0.05) is 23.9 Å². The molecular formula is C30H16N2O8S. The molecule has 2 N–H and O–H groups in total. The number of nitrogens with zero attached hydrogens (tertiary/aromatic N) is 2. The summed E-state index contributed by atoms with van der Waals surface area (Å²) in [7, 11) is 0. The molecule has 4 aromatic carbocycles. The van der Waals surface area contributed by atoms with E-state index in [9.17, 15) is 39.0 Å².